The highest BCUT2D eigenvalue weighted by Crippen LogP contribution is 2.31. The zero-order chi connectivity index (χ0) is 18.5. The lowest BCUT2D eigenvalue weighted by molar-refractivity contribution is -0.116. The maximum Gasteiger partial charge on any atom is 0.228 e. The van der Waals surface area contributed by atoms with Crippen molar-refractivity contribution in [2.24, 2.45) is 0 Å². The largest absolute Gasteiger partial charge is 0.495 e. The summed E-state index contributed by atoms with van der Waals surface area (Å²) in [6.45, 7) is 2.44. The van der Waals surface area contributed by atoms with Crippen molar-refractivity contribution in [1.82, 2.24) is 0 Å². The molecule has 0 atom stereocenters. The van der Waals surface area contributed by atoms with E-state index in [2.05, 4.69) is 10.6 Å². The lowest BCUT2D eigenvalue weighted by atomic mass is 10.1. The van der Waals surface area contributed by atoms with Crippen molar-refractivity contribution >= 4 is 23.2 Å². The predicted molar refractivity (Wildman–Crippen MR) is 97.1 cm³/mol. The number of hydrogen-bond acceptors (Lipinski definition) is 5. The SMILES string of the molecule is COc1ccc(NC(C)=O)cc1NC(=O)Cc1ccc2c(c1)OCCO2. The van der Waals surface area contributed by atoms with Crippen LogP contribution >= 0.6 is 0 Å². The van der Waals surface area contributed by atoms with E-state index in [1.165, 1.54) is 14.0 Å². The number of carbonyl (C=O) groups excluding carboxylic acids is 2. The molecule has 1 aliphatic heterocycles. The van der Waals surface area contributed by atoms with E-state index >= 15 is 0 Å². The molecule has 2 aromatic rings. The quantitative estimate of drug-likeness (QED) is 0.860. The highest BCUT2D eigenvalue weighted by atomic mass is 16.6. The van der Waals surface area contributed by atoms with Crippen molar-refractivity contribution in [2.45, 2.75) is 13.3 Å². The third kappa shape index (κ3) is 4.24. The number of ether oxygens (including phenoxy) is 3. The summed E-state index contributed by atoms with van der Waals surface area (Å²) in [7, 11) is 1.52. The van der Waals surface area contributed by atoms with Gasteiger partial charge in [-0.3, -0.25) is 9.59 Å². The number of carbonyl (C=O) groups is 2. The Hall–Kier alpha value is -3.22. The second-order valence-corrected chi connectivity index (χ2v) is 5.80. The van der Waals surface area contributed by atoms with E-state index < -0.39 is 0 Å². The van der Waals surface area contributed by atoms with Crippen LogP contribution in [0.15, 0.2) is 36.4 Å². The Bertz CT molecular complexity index is 835. The number of nitrogens with one attached hydrogen (secondary N) is 2. The molecule has 0 saturated carbocycles. The minimum absolute atomic E-state index is 0.171. The summed E-state index contributed by atoms with van der Waals surface area (Å²) in [5, 5.41) is 5.49. The van der Waals surface area contributed by atoms with Gasteiger partial charge in [-0.05, 0) is 35.9 Å². The fraction of sp³-hybridized carbons (Fsp3) is 0.263. The van der Waals surface area contributed by atoms with Crippen LogP contribution in [0.1, 0.15) is 12.5 Å². The predicted octanol–water partition coefficient (Wildman–Crippen LogP) is 2.61. The molecule has 26 heavy (non-hydrogen) atoms. The van der Waals surface area contributed by atoms with Gasteiger partial charge in [0, 0.05) is 12.6 Å². The van der Waals surface area contributed by atoms with Gasteiger partial charge in [0.25, 0.3) is 0 Å². The molecule has 2 amide bonds. The number of fused-ring (bicyclic) bond motifs is 1. The van der Waals surface area contributed by atoms with Gasteiger partial charge in [0.15, 0.2) is 11.5 Å². The second-order valence-electron chi connectivity index (χ2n) is 5.80. The van der Waals surface area contributed by atoms with Crippen LogP contribution in [0.5, 0.6) is 17.2 Å². The Morgan fingerprint density at radius 1 is 1.04 bits per heavy atom. The molecule has 0 radical (unpaired) electrons. The van der Waals surface area contributed by atoms with Crippen LogP contribution in [-0.4, -0.2) is 32.1 Å². The molecular formula is C19H20N2O5. The van der Waals surface area contributed by atoms with Gasteiger partial charge in [0.2, 0.25) is 11.8 Å². The lowest BCUT2D eigenvalue weighted by Gasteiger charge is -2.19. The van der Waals surface area contributed by atoms with Gasteiger partial charge in [-0.15, -0.1) is 0 Å². The van der Waals surface area contributed by atoms with Gasteiger partial charge in [0.1, 0.15) is 19.0 Å². The summed E-state index contributed by atoms with van der Waals surface area (Å²) < 4.78 is 16.3. The Morgan fingerprint density at radius 3 is 2.54 bits per heavy atom. The number of hydrogen-bond donors (Lipinski definition) is 2. The molecule has 7 nitrogen and oxygen atoms in total. The van der Waals surface area contributed by atoms with Gasteiger partial charge >= 0.3 is 0 Å². The summed E-state index contributed by atoms with van der Waals surface area (Å²) in [4.78, 5) is 23.6. The van der Waals surface area contributed by atoms with Crippen molar-refractivity contribution in [2.75, 3.05) is 31.0 Å². The average Bonchev–Trinajstić information content (AvgIpc) is 2.61. The van der Waals surface area contributed by atoms with E-state index in [1.807, 2.05) is 6.07 Å². The fourth-order valence-corrected chi connectivity index (χ4v) is 2.66. The Morgan fingerprint density at radius 2 is 1.81 bits per heavy atom. The van der Waals surface area contributed by atoms with E-state index in [0.717, 1.165) is 5.56 Å². The van der Waals surface area contributed by atoms with E-state index in [1.54, 1.807) is 30.3 Å². The third-order valence-electron chi connectivity index (χ3n) is 3.77. The lowest BCUT2D eigenvalue weighted by Crippen LogP contribution is -2.17. The Balaban J connectivity index is 1.72. The molecule has 0 fully saturated rings. The molecule has 1 aliphatic rings. The van der Waals surface area contributed by atoms with Crippen molar-refractivity contribution in [1.29, 1.82) is 0 Å². The van der Waals surface area contributed by atoms with Gasteiger partial charge in [-0.2, -0.15) is 0 Å². The minimum atomic E-state index is -0.208. The molecule has 1 heterocycles. The maximum absolute atomic E-state index is 12.4. The molecule has 3 rings (SSSR count). The molecule has 0 saturated heterocycles. The zero-order valence-corrected chi connectivity index (χ0v) is 14.6. The number of benzene rings is 2. The number of rotatable bonds is 5. The van der Waals surface area contributed by atoms with Crippen LogP contribution in [0.25, 0.3) is 0 Å². The maximum atomic E-state index is 12.4. The molecule has 136 valence electrons. The number of amides is 2. The van der Waals surface area contributed by atoms with Crippen molar-refractivity contribution in [3.8, 4) is 17.2 Å². The average molecular weight is 356 g/mol. The first kappa shape index (κ1) is 17.6. The van der Waals surface area contributed by atoms with Crippen molar-refractivity contribution < 1.29 is 23.8 Å². The van der Waals surface area contributed by atoms with Gasteiger partial charge in [0.05, 0.1) is 19.2 Å². The van der Waals surface area contributed by atoms with E-state index in [0.29, 0.717) is 41.8 Å². The normalized spacial score (nSPS) is 12.2. The van der Waals surface area contributed by atoms with Gasteiger partial charge in [-0.25, -0.2) is 0 Å². The summed E-state index contributed by atoms with van der Waals surface area (Å²) >= 11 is 0. The fourth-order valence-electron chi connectivity index (χ4n) is 2.66. The molecular weight excluding hydrogens is 336 g/mol. The molecule has 2 N–H and O–H groups in total. The van der Waals surface area contributed by atoms with Gasteiger partial charge < -0.3 is 24.8 Å². The van der Waals surface area contributed by atoms with Crippen LogP contribution in [0, 0.1) is 0 Å². The van der Waals surface area contributed by atoms with E-state index in [4.69, 9.17) is 14.2 Å². The first-order valence-electron chi connectivity index (χ1n) is 8.19. The Labute approximate surface area is 151 Å². The van der Waals surface area contributed by atoms with E-state index in [9.17, 15) is 9.59 Å². The molecule has 0 aliphatic carbocycles. The highest BCUT2D eigenvalue weighted by Gasteiger charge is 2.14. The molecule has 0 bridgehead atoms. The van der Waals surface area contributed by atoms with Crippen molar-refractivity contribution in [3.63, 3.8) is 0 Å². The molecule has 0 aromatic heterocycles. The second kappa shape index (κ2) is 7.77. The number of methoxy groups -OCH3 is 1. The molecule has 7 heteroatoms. The first-order valence-corrected chi connectivity index (χ1v) is 8.19. The topological polar surface area (TPSA) is 85.9 Å². The summed E-state index contributed by atoms with van der Waals surface area (Å²) in [6.07, 6.45) is 0.171. The van der Waals surface area contributed by atoms with Crippen molar-refractivity contribution in [3.05, 3.63) is 42.0 Å². The zero-order valence-electron chi connectivity index (χ0n) is 14.6. The van der Waals surface area contributed by atoms with Crippen LogP contribution in [0.4, 0.5) is 11.4 Å². The standard InChI is InChI=1S/C19H20N2O5/c1-12(22)20-14-4-6-16(24-2)15(11-14)21-19(23)10-13-3-5-17-18(9-13)26-8-7-25-17/h3-6,9,11H,7-8,10H2,1-2H3,(H,20,22)(H,21,23). The molecule has 0 unspecified atom stereocenters. The highest BCUT2D eigenvalue weighted by molar-refractivity contribution is 5.95. The third-order valence-corrected chi connectivity index (χ3v) is 3.77. The summed E-state index contributed by atoms with van der Waals surface area (Å²) in [5.41, 5.74) is 1.87. The molecule has 0 spiro atoms. The van der Waals surface area contributed by atoms with Crippen LogP contribution in [-0.2, 0) is 16.0 Å². The van der Waals surface area contributed by atoms with Crippen LogP contribution in [0.2, 0.25) is 0 Å². The number of anilines is 2. The first-order chi connectivity index (χ1) is 12.5. The van der Waals surface area contributed by atoms with E-state index in [-0.39, 0.29) is 18.2 Å². The monoisotopic (exact) mass is 356 g/mol. The Kier molecular flexibility index (Phi) is 5.26. The smallest absolute Gasteiger partial charge is 0.228 e. The minimum Gasteiger partial charge on any atom is -0.495 e. The van der Waals surface area contributed by atoms with Crippen LogP contribution in [0.3, 0.4) is 0 Å². The van der Waals surface area contributed by atoms with Gasteiger partial charge in [-0.1, -0.05) is 6.07 Å². The van der Waals surface area contributed by atoms with Crippen LogP contribution < -0.4 is 24.8 Å². The molecule has 2 aromatic carbocycles. The summed E-state index contributed by atoms with van der Waals surface area (Å²) in [5.74, 6) is 1.44. The summed E-state index contributed by atoms with van der Waals surface area (Å²) in [6, 6.07) is 10.5.